The van der Waals surface area contributed by atoms with Gasteiger partial charge >= 0.3 is 0 Å². The van der Waals surface area contributed by atoms with Crippen molar-refractivity contribution in [2.24, 2.45) is 23.7 Å². The van der Waals surface area contributed by atoms with E-state index < -0.39 is 0 Å². The average molecular weight is 280 g/mol. The lowest BCUT2D eigenvalue weighted by Crippen LogP contribution is -2.35. The summed E-state index contributed by atoms with van der Waals surface area (Å²) in [5, 5.41) is 0. The predicted molar refractivity (Wildman–Crippen MR) is 86.9 cm³/mol. The molecular weight excluding hydrogens is 244 g/mol. The summed E-state index contributed by atoms with van der Waals surface area (Å²) in [4.78, 5) is 0. The van der Waals surface area contributed by atoms with Crippen LogP contribution in [0.3, 0.4) is 0 Å². The maximum absolute atomic E-state index is 6.23. The van der Waals surface area contributed by atoms with Crippen molar-refractivity contribution in [3.05, 3.63) is 0 Å². The summed E-state index contributed by atoms with van der Waals surface area (Å²) in [6.07, 6.45) is 14.9. The molecule has 1 saturated heterocycles. The molecule has 1 nitrogen and oxygen atoms in total. The van der Waals surface area contributed by atoms with Crippen LogP contribution >= 0.6 is 0 Å². The minimum atomic E-state index is 0.599. The zero-order valence-corrected chi connectivity index (χ0v) is 14.1. The van der Waals surface area contributed by atoms with Gasteiger partial charge in [0.2, 0.25) is 0 Å². The molecule has 0 N–H and O–H groups in total. The third kappa shape index (κ3) is 4.76. The summed E-state index contributed by atoms with van der Waals surface area (Å²) in [5.74, 6) is 3.53. The van der Waals surface area contributed by atoms with Gasteiger partial charge in [0.15, 0.2) is 0 Å². The fourth-order valence-corrected chi connectivity index (χ4v) is 4.22. The van der Waals surface area contributed by atoms with Gasteiger partial charge in [-0.15, -0.1) is 0 Å². The number of unbranched alkanes of at least 4 members (excludes halogenated alkanes) is 2. The summed E-state index contributed by atoms with van der Waals surface area (Å²) >= 11 is 0. The topological polar surface area (TPSA) is 9.23 Å². The van der Waals surface area contributed by atoms with Crippen molar-refractivity contribution in [2.75, 3.05) is 6.61 Å². The first-order chi connectivity index (χ1) is 9.70. The van der Waals surface area contributed by atoms with Gasteiger partial charge in [-0.05, 0) is 49.4 Å². The Morgan fingerprint density at radius 2 is 1.70 bits per heavy atom. The van der Waals surface area contributed by atoms with E-state index in [2.05, 4.69) is 20.8 Å². The smallest absolute Gasteiger partial charge is 0.0603 e. The Hall–Kier alpha value is -0.0400. The highest BCUT2D eigenvalue weighted by Gasteiger charge is 2.32. The molecule has 20 heavy (non-hydrogen) atoms. The largest absolute Gasteiger partial charge is 0.378 e. The molecule has 2 aliphatic rings. The molecule has 1 aliphatic heterocycles. The maximum atomic E-state index is 6.23. The third-order valence-electron chi connectivity index (χ3n) is 5.92. The molecule has 0 bridgehead atoms. The highest BCUT2D eigenvalue weighted by Crippen LogP contribution is 2.38. The number of hydrogen-bond acceptors (Lipinski definition) is 1. The molecule has 0 spiro atoms. The molecule has 0 radical (unpaired) electrons. The van der Waals surface area contributed by atoms with Crippen LogP contribution in [0.1, 0.15) is 85.0 Å². The molecule has 1 saturated carbocycles. The van der Waals surface area contributed by atoms with Crippen LogP contribution in [0.2, 0.25) is 0 Å². The summed E-state index contributed by atoms with van der Waals surface area (Å²) in [6.45, 7) is 8.02. The van der Waals surface area contributed by atoms with Crippen LogP contribution in [-0.2, 0) is 4.74 Å². The highest BCUT2D eigenvalue weighted by molar-refractivity contribution is 4.82. The van der Waals surface area contributed by atoms with Gasteiger partial charge in [-0.3, -0.25) is 0 Å². The molecular formula is C19H36O. The molecule has 0 aromatic rings. The van der Waals surface area contributed by atoms with E-state index in [4.69, 9.17) is 4.74 Å². The van der Waals surface area contributed by atoms with Crippen molar-refractivity contribution in [1.82, 2.24) is 0 Å². The Morgan fingerprint density at radius 3 is 2.25 bits per heavy atom. The third-order valence-corrected chi connectivity index (χ3v) is 5.92. The quantitative estimate of drug-likeness (QED) is 0.557. The Bertz CT molecular complexity index is 244. The van der Waals surface area contributed by atoms with E-state index in [1.807, 2.05) is 0 Å². The van der Waals surface area contributed by atoms with E-state index in [-0.39, 0.29) is 0 Å². The Kier molecular flexibility index (Phi) is 6.87. The maximum Gasteiger partial charge on any atom is 0.0603 e. The molecule has 0 aromatic heterocycles. The first-order valence-corrected chi connectivity index (χ1v) is 9.32. The molecule has 118 valence electrons. The lowest BCUT2D eigenvalue weighted by atomic mass is 9.75. The standard InChI is InChI=1S/C19H36O/c1-4-5-6-7-16-8-10-17(11-9-16)19-13-12-18(14-20-19)15(2)3/h15-19H,4-14H2,1-3H3. The molecule has 1 heterocycles. The first kappa shape index (κ1) is 16.3. The van der Waals surface area contributed by atoms with E-state index in [0.717, 1.165) is 30.3 Å². The second-order valence-corrected chi connectivity index (χ2v) is 7.73. The molecule has 2 unspecified atom stereocenters. The highest BCUT2D eigenvalue weighted by atomic mass is 16.5. The van der Waals surface area contributed by atoms with Crippen LogP contribution in [0.5, 0.6) is 0 Å². The summed E-state index contributed by atoms with van der Waals surface area (Å²) in [5.41, 5.74) is 0. The van der Waals surface area contributed by atoms with Gasteiger partial charge in [0.25, 0.3) is 0 Å². The Morgan fingerprint density at radius 1 is 0.950 bits per heavy atom. The second kappa shape index (κ2) is 8.41. The van der Waals surface area contributed by atoms with Gasteiger partial charge in [-0.2, -0.15) is 0 Å². The van der Waals surface area contributed by atoms with Crippen molar-refractivity contribution in [3.8, 4) is 0 Å². The Labute approximate surface area is 126 Å². The number of hydrogen-bond donors (Lipinski definition) is 0. The molecule has 1 aliphatic carbocycles. The lowest BCUT2D eigenvalue weighted by Gasteiger charge is -2.38. The lowest BCUT2D eigenvalue weighted by molar-refractivity contribution is -0.0667. The van der Waals surface area contributed by atoms with Crippen LogP contribution in [0.4, 0.5) is 0 Å². The molecule has 1 heteroatoms. The van der Waals surface area contributed by atoms with Crippen LogP contribution < -0.4 is 0 Å². The van der Waals surface area contributed by atoms with Gasteiger partial charge in [0, 0.05) is 0 Å². The zero-order chi connectivity index (χ0) is 14.4. The van der Waals surface area contributed by atoms with Crippen molar-refractivity contribution in [3.63, 3.8) is 0 Å². The van der Waals surface area contributed by atoms with Crippen molar-refractivity contribution in [1.29, 1.82) is 0 Å². The molecule has 2 rings (SSSR count). The van der Waals surface area contributed by atoms with E-state index in [1.165, 1.54) is 64.2 Å². The molecule has 0 amide bonds. The zero-order valence-electron chi connectivity index (χ0n) is 14.1. The van der Waals surface area contributed by atoms with Crippen LogP contribution in [0, 0.1) is 23.7 Å². The second-order valence-electron chi connectivity index (χ2n) is 7.73. The molecule has 0 aromatic carbocycles. The summed E-state index contributed by atoms with van der Waals surface area (Å²) in [7, 11) is 0. The van der Waals surface area contributed by atoms with Gasteiger partial charge in [0.1, 0.15) is 0 Å². The first-order valence-electron chi connectivity index (χ1n) is 9.32. The van der Waals surface area contributed by atoms with E-state index in [0.29, 0.717) is 6.10 Å². The normalized spacial score (nSPS) is 35.4. The predicted octanol–water partition coefficient (Wildman–Crippen LogP) is 5.82. The van der Waals surface area contributed by atoms with E-state index in [1.54, 1.807) is 0 Å². The fourth-order valence-electron chi connectivity index (χ4n) is 4.22. The van der Waals surface area contributed by atoms with Gasteiger partial charge in [-0.1, -0.05) is 59.3 Å². The monoisotopic (exact) mass is 280 g/mol. The summed E-state index contributed by atoms with van der Waals surface area (Å²) < 4.78 is 6.23. The number of rotatable bonds is 6. The summed E-state index contributed by atoms with van der Waals surface area (Å²) in [6, 6.07) is 0. The van der Waals surface area contributed by atoms with Crippen LogP contribution in [0.25, 0.3) is 0 Å². The SMILES string of the molecule is CCCCCC1CCC(C2CCC(C(C)C)CO2)CC1. The van der Waals surface area contributed by atoms with Crippen molar-refractivity contribution >= 4 is 0 Å². The van der Waals surface area contributed by atoms with Crippen LogP contribution in [-0.4, -0.2) is 12.7 Å². The van der Waals surface area contributed by atoms with E-state index in [9.17, 15) is 0 Å². The Balaban J connectivity index is 1.64. The van der Waals surface area contributed by atoms with Crippen molar-refractivity contribution < 1.29 is 4.74 Å². The van der Waals surface area contributed by atoms with Gasteiger partial charge in [-0.25, -0.2) is 0 Å². The van der Waals surface area contributed by atoms with Crippen LogP contribution in [0.15, 0.2) is 0 Å². The van der Waals surface area contributed by atoms with Gasteiger partial charge in [0.05, 0.1) is 12.7 Å². The number of ether oxygens (including phenoxy) is 1. The minimum absolute atomic E-state index is 0.599. The van der Waals surface area contributed by atoms with E-state index >= 15 is 0 Å². The van der Waals surface area contributed by atoms with Gasteiger partial charge < -0.3 is 4.74 Å². The molecule has 2 fully saturated rings. The average Bonchev–Trinajstić information content (AvgIpc) is 2.48. The molecule has 2 atom stereocenters. The minimum Gasteiger partial charge on any atom is -0.378 e. The fraction of sp³-hybridized carbons (Fsp3) is 1.00. The van der Waals surface area contributed by atoms with Crippen molar-refractivity contribution in [2.45, 2.75) is 91.1 Å².